The number of nitrogens with one attached hydrogen (secondary N) is 1. The molecule has 0 saturated carbocycles. The van der Waals surface area contributed by atoms with E-state index in [9.17, 15) is 4.79 Å². The molecule has 0 saturated heterocycles. The van der Waals surface area contributed by atoms with Crippen LogP contribution in [0.3, 0.4) is 0 Å². The Morgan fingerprint density at radius 3 is 2.47 bits per heavy atom. The van der Waals surface area contributed by atoms with Crippen molar-refractivity contribution in [2.45, 2.75) is 26.2 Å². The maximum absolute atomic E-state index is 11.9. The van der Waals surface area contributed by atoms with E-state index in [1.54, 1.807) is 18.0 Å². The van der Waals surface area contributed by atoms with Gasteiger partial charge in [-0.1, -0.05) is 54.1 Å². The molecule has 0 bridgehead atoms. The predicted octanol–water partition coefficient (Wildman–Crippen LogP) is 5.27. The minimum Gasteiger partial charge on any atom is -0.489 e. The van der Waals surface area contributed by atoms with E-state index in [-0.39, 0.29) is 5.91 Å². The quantitative estimate of drug-likeness (QED) is 0.381. The lowest BCUT2D eigenvalue weighted by atomic mass is 10.1. The highest BCUT2D eigenvalue weighted by molar-refractivity contribution is 7.99. The highest BCUT2D eigenvalue weighted by Crippen LogP contribution is 2.16. The van der Waals surface area contributed by atoms with Gasteiger partial charge in [0.15, 0.2) is 0 Å². The average molecular weight is 419 g/mol. The number of carbonyl (C=O) groups is 1. The summed E-state index contributed by atoms with van der Waals surface area (Å²) in [6.45, 7) is 4.68. The van der Waals surface area contributed by atoms with E-state index in [2.05, 4.69) is 60.8 Å². The number of hydrogen-bond donors (Lipinski definition) is 1. The van der Waals surface area contributed by atoms with Crippen molar-refractivity contribution < 1.29 is 9.53 Å². The van der Waals surface area contributed by atoms with Gasteiger partial charge >= 0.3 is 0 Å². The minimum atomic E-state index is -0.108. The highest BCUT2D eigenvalue weighted by atomic mass is 32.2. The van der Waals surface area contributed by atoms with E-state index in [0.717, 1.165) is 22.6 Å². The molecular formula is C25H26N2O2S. The van der Waals surface area contributed by atoms with Crippen LogP contribution < -0.4 is 10.2 Å². The fourth-order valence-corrected chi connectivity index (χ4v) is 3.63. The maximum atomic E-state index is 11.9. The first-order valence-electron chi connectivity index (χ1n) is 9.83. The fourth-order valence-electron chi connectivity index (χ4n) is 2.74. The molecule has 0 aliphatic rings. The van der Waals surface area contributed by atoms with Gasteiger partial charge in [0.1, 0.15) is 12.4 Å². The van der Waals surface area contributed by atoms with Crippen molar-refractivity contribution in [3.8, 4) is 5.75 Å². The van der Waals surface area contributed by atoms with Gasteiger partial charge in [-0.05, 0) is 60.4 Å². The Balaban J connectivity index is 1.38. The Kier molecular flexibility index (Phi) is 8.10. The van der Waals surface area contributed by atoms with Gasteiger partial charge in [-0.3, -0.25) is 4.79 Å². The minimum absolute atomic E-state index is 0.108. The maximum Gasteiger partial charge on any atom is 0.250 e. The normalized spacial score (nSPS) is 10.9. The second kappa shape index (κ2) is 11.2. The first-order valence-corrected chi connectivity index (χ1v) is 11.0. The molecule has 3 aromatic rings. The molecule has 1 N–H and O–H groups in total. The number of aryl methyl sites for hydroxylation is 2. The molecule has 4 nitrogen and oxygen atoms in total. The molecule has 0 heterocycles. The summed E-state index contributed by atoms with van der Waals surface area (Å²) in [5, 5.41) is 4.04. The molecule has 3 rings (SSSR count). The van der Waals surface area contributed by atoms with Gasteiger partial charge in [0, 0.05) is 5.75 Å². The Morgan fingerprint density at radius 1 is 1.00 bits per heavy atom. The third kappa shape index (κ3) is 7.08. The molecule has 0 aliphatic heterocycles. The van der Waals surface area contributed by atoms with Gasteiger partial charge in [0.05, 0.1) is 12.0 Å². The molecule has 154 valence electrons. The molecule has 1 amide bonds. The SMILES string of the molecule is Cc1ccc(COc2ccc(/C=N\NC(=O)CSCc3ccccc3C)cc2)cc1. The smallest absolute Gasteiger partial charge is 0.250 e. The van der Waals surface area contributed by atoms with Crippen LogP contribution in [0.15, 0.2) is 77.9 Å². The summed E-state index contributed by atoms with van der Waals surface area (Å²) in [7, 11) is 0. The summed E-state index contributed by atoms with van der Waals surface area (Å²) < 4.78 is 5.80. The lowest BCUT2D eigenvalue weighted by molar-refractivity contribution is -0.118. The van der Waals surface area contributed by atoms with Crippen molar-refractivity contribution in [2.24, 2.45) is 5.10 Å². The number of thioether (sulfide) groups is 1. The fraction of sp³-hybridized carbons (Fsp3) is 0.200. The molecule has 0 fully saturated rings. The summed E-state index contributed by atoms with van der Waals surface area (Å²) in [6, 6.07) is 24.1. The first kappa shape index (κ1) is 21.7. The van der Waals surface area contributed by atoms with Crippen LogP contribution in [0.2, 0.25) is 0 Å². The first-order chi connectivity index (χ1) is 14.6. The molecule has 0 unspecified atom stereocenters. The Labute approximate surface area is 182 Å². The van der Waals surface area contributed by atoms with E-state index < -0.39 is 0 Å². The number of rotatable bonds is 9. The zero-order valence-corrected chi connectivity index (χ0v) is 18.1. The summed E-state index contributed by atoms with van der Waals surface area (Å²) in [5.41, 5.74) is 8.34. The highest BCUT2D eigenvalue weighted by Gasteiger charge is 2.02. The van der Waals surface area contributed by atoms with Crippen LogP contribution in [0, 0.1) is 13.8 Å². The van der Waals surface area contributed by atoms with Crippen molar-refractivity contribution in [3.63, 3.8) is 0 Å². The standard InChI is InChI=1S/C25H26N2O2S/c1-19-7-9-22(10-8-19)16-29-24-13-11-21(12-14-24)15-26-27-25(28)18-30-17-23-6-4-3-5-20(23)2/h3-15H,16-18H2,1-2H3,(H,27,28)/b26-15-. The third-order valence-electron chi connectivity index (χ3n) is 4.56. The van der Waals surface area contributed by atoms with Crippen molar-refractivity contribution in [2.75, 3.05) is 5.75 Å². The van der Waals surface area contributed by atoms with Crippen LogP contribution in [0.5, 0.6) is 5.75 Å². The topological polar surface area (TPSA) is 50.7 Å². The van der Waals surface area contributed by atoms with Gasteiger partial charge in [-0.2, -0.15) is 5.10 Å². The Bertz CT molecular complexity index is 983. The van der Waals surface area contributed by atoms with Crippen molar-refractivity contribution >= 4 is 23.9 Å². The lowest BCUT2D eigenvalue weighted by Crippen LogP contribution is -2.19. The molecule has 0 radical (unpaired) electrons. The van der Waals surface area contributed by atoms with Gasteiger partial charge in [-0.25, -0.2) is 5.43 Å². The Morgan fingerprint density at radius 2 is 1.73 bits per heavy atom. The summed E-state index contributed by atoms with van der Waals surface area (Å²) in [4.78, 5) is 11.9. The molecule has 0 spiro atoms. The van der Waals surface area contributed by atoms with Crippen LogP contribution in [0.4, 0.5) is 0 Å². The van der Waals surface area contributed by atoms with Gasteiger partial charge in [0.2, 0.25) is 5.91 Å². The van der Waals surface area contributed by atoms with E-state index >= 15 is 0 Å². The van der Waals surface area contributed by atoms with E-state index in [4.69, 9.17) is 4.74 Å². The predicted molar refractivity (Wildman–Crippen MR) is 125 cm³/mol. The molecule has 0 atom stereocenters. The lowest BCUT2D eigenvalue weighted by Gasteiger charge is -2.07. The molecular weight excluding hydrogens is 392 g/mol. The second-order valence-corrected chi connectivity index (χ2v) is 8.04. The summed E-state index contributed by atoms with van der Waals surface area (Å²) in [5.74, 6) is 1.87. The van der Waals surface area contributed by atoms with Crippen LogP contribution in [0.25, 0.3) is 0 Å². The van der Waals surface area contributed by atoms with E-state index in [0.29, 0.717) is 12.4 Å². The van der Waals surface area contributed by atoms with Crippen molar-refractivity contribution in [1.82, 2.24) is 5.43 Å². The zero-order valence-electron chi connectivity index (χ0n) is 17.3. The zero-order chi connectivity index (χ0) is 21.2. The molecule has 30 heavy (non-hydrogen) atoms. The van der Waals surface area contributed by atoms with Gasteiger partial charge in [-0.15, -0.1) is 11.8 Å². The van der Waals surface area contributed by atoms with E-state index in [1.807, 2.05) is 36.4 Å². The number of amides is 1. The van der Waals surface area contributed by atoms with Crippen LogP contribution in [-0.2, 0) is 17.2 Å². The molecule has 0 aromatic heterocycles. The van der Waals surface area contributed by atoms with Crippen LogP contribution in [0.1, 0.15) is 27.8 Å². The average Bonchev–Trinajstić information content (AvgIpc) is 2.76. The second-order valence-electron chi connectivity index (χ2n) is 7.06. The number of nitrogens with zero attached hydrogens (tertiary/aromatic N) is 1. The van der Waals surface area contributed by atoms with Gasteiger partial charge < -0.3 is 4.74 Å². The number of hydrazone groups is 1. The number of carbonyl (C=O) groups excluding carboxylic acids is 1. The number of ether oxygens (including phenoxy) is 1. The monoisotopic (exact) mass is 418 g/mol. The van der Waals surface area contributed by atoms with Crippen molar-refractivity contribution in [3.05, 3.63) is 101 Å². The van der Waals surface area contributed by atoms with Crippen molar-refractivity contribution in [1.29, 1.82) is 0 Å². The Hall–Kier alpha value is -3.05. The van der Waals surface area contributed by atoms with E-state index in [1.165, 1.54) is 16.7 Å². The summed E-state index contributed by atoms with van der Waals surface area (Å²) >= 11 is 1.58. The van der Waals surface area contributed by atoms with Crippen LogP contribution in [-0.4, -0.2) is 17.9 Å². The molecule has 3 aromatic carbocycles. The number of hydrogen-bond acceptors (Lipinski definition) is 4. The van der Waals surface area contributed by atoms with Gasteiger partial charge in [0.25, 0.3) is 0 Å². The van der Waals surface area contributed by atoms with Crippen LogP contribution >= 0.6 is 11.8 Å². The summed E-state index contributed by atoms with van der Waals surface area (Å²) in [6.07, 6.45) is 1.63. The third-order valence-corrected chi connectivity index (χ3v) is 5.54. The number of benzene rings is 3. The largest absolute Gasteiger partial charge is 0.489 e. The molecule has 0 aliphatic carbocycles. The molecule has 5 heteroatoms.